The highest BCUT2D eigenvalue weighted by molar-refractivity contribution is 7.45. The number of phosphoric acid groups is 1. The van der Waals surface area contributed by atoms with Crippen LogP contribution >= 0.6 is 7.82 Å². The number of phosphoric ester groups is 1. The van der Waals surface area contributed by atoms with Gasteiger partial charge < -0.3 is 28.8 Å². The van der Waals surface area contributed by atoms with Crippen molar-refractivity contribution in [3.05, 3.63) is 36.5 Å². The van der Waals surface area contributed by atoms with E-state index in [1.807, 2.05) is 27.2 Å². The number of amides is 1. The van der Waals surface area contributed by atoms with Gasteiger partial charge in [-0.1, -0.05) is 198 Å². The van der Waals surface area contributed by atoms with E-state index in [0.29, 0.717) is 17.4 Å². The van der Waals surface area contributed by atoms with Gasteiger partial charge in [-0.25, -0.2) is 0 Å². The number of rotatable bonds is 44. The molecule has 0 aromatic carbocycles. The number of carbonyl (C=O) groups is 1. The molecule has 1 amide bonds. The Morgan fingerprint density at radius 3 is 1.43 bits per heavy atom. The molecule has 0 aromatic rings. The number of unbranched alkanes of at least 4 members (excludes halogenated alkanes) is 27. The van der Waals surface area contributed by atoms with Crippen molar-refractivity contribution < 1.29 is 32.9 Å². The number of nitrogens with zero attached hydrogens (tertiary/aromatic N) is 1. The van der Waals surface area contributed by atoms with Gasteiger partial charge in [0.15, 0.2) is 0 Å². The fourth-order valence-corrected chi connectivity index (χ4v) is 7.67. The maximum atomic E-state index is 12.8. The van der Waals surface area contributed by atoms with E-state index >= 15 is 0 Å². The molecule has 0 aromatic heterocycles. The fraction of sp³-hybridized carbons (Fsp3) is 0.857. The van der Waals surface area contributed by atoms with Crippen molar-refractivity contribution in [2.24, 2.45) is 0 Å². The lowest BCUT2D eigenvalue weighted by atomic mass is 10.0. The first-order chi connectivity index (χ1) is 28.0. The Hall–Kier alpha value is -1.28. The van der Waals surface area contributed by atoms with Gasteiger partial charge in [-0.3, -0.25) is 9.36 Å². The van der Waals surface area contributed by atoms with Crippen molar-refractivity contribution >= 4 is 13.7 Å². The van der Waals surface area contributed by atoms with Gasteiger partial charge in [-0.2, -0.15) is 0 Å². The molecule has 3 unspecified atom stereocenters. The maximum Gasteiger partial charge on any atom is 0.268 e. The van der Waals surface area contributed by atoms with Crippen LogP contribution in [0, 0.1) is 0 Å². The summed E-state index contributed by atoms with van der Waals surface area (Å²) >= 11 is 0. The van der Waals surface area contributed by atoms with Gasteiger partial charge >= 0.3 is 0 Å². The minimum atomic E-state index is -4.58. The molecule has 58 heavy (non-hydrogen) atoms. The minimum Gasteiger partial charge on any atom is -0.756 e. The zero-order chi connectivity index (χ0) is 42.8. The van der Waals surface area contributed by atoms with E-state index in [2.05, 4.69) is 43.5 Å². The van der Waals surface area contributed by atoms with Crippen LogP contribution in [-0.2, 0) is 18.4 Å². The number of allylic oxidation sites excluding steroid dienone is 5. The molecule has 0 spiro atoms. The van der Waals surface area contributed by atoms with Gasteiger partial charge in [0.25, 0.3) is 7.82 Å². The monoisotopic (exact) mass is 839 g/mol. The summed E-state index contributed by atoms with van der Waals surface area (Å²) in [4.78, 5) is 25.2. The smallest absolute Gasteiger partial charge is 0.268 e. The van der Waals surface area contributed by atoms with Gasteiger partial charge in [-0.05, 0) is 51.4 Å². The third-order valence-electron chi connectivity index (χ3n) is 10.8. The van der Waals surface area contributed by atoms with Crippen molar-refractivity contribution in [2.75, 3.05) is 40.9 Å². The highest BCUT2D eigenvalue weighted by atomic mass is 31.2. The quantitative estimate of drug-likeness (QED) is 0.0274. The van der Waals surface area contributed by atoms with Gasteiger partial charge in [0.2, 0.25) is 5.91 Å². The molecule has 0 aliphatic rings. The van der Waals surface area contributed by atoms with E-state index in [1.54, 1.807) is 6.08 Å². The summed E-state index contributed by atoms with van der Waals surface area (Å²) in [6.45, 7) is 4.58. The Morgan fingerprint density at radius 2 is 1.00 bits per heavy atom. The first-order valence-electron chi connectivity index (χ1n) is 24.4. The molecule has 0 heterocycles. The van der Waals surface area contributed by atoms with Crippen LogP contribution in [0.2, 0.25) is 0 Å². The summed E-state index contributed by atoms with van der Waals surface area (Å²) in [5.74, 6) is -0.201. The van der Waals surface area contributed by atoms with E-state index in [0.717, 1.165) is 44.9 Å². The van der Waals surface area contributed by atoms with E-state index in [-0.39, 0.29) is 19.1 Å². The molecular formula is C49H95N2O6P. The summed E-state index contributed by atoms with van der Waals surface area (Å²) in [6.07, 6.45) is 50.9. The lowest BCUT2D eigenvalue weighted by Gasteiger charge is -2.29. The van der Waals surface area contributed by atoms with Crippen molar-refractivity contribution in [1.29, 1.82) is 0 Å². The second-order valence-electron chi connectivity index (χ2n) is 17.8. The van der Waals surface area contributed by atoms with Crippen molar-refractivity contribution in [3.63, 3.8) is 0 Å². The largest absolute Gasteiger partial charge is 0.756 e. The summed E-state index contributed by atoms with van der Waals surface area (Å²) in [5.41, 5.74) is 0. The lowest BCUT2D eigenvalue weighted by molar-refractivity contribution is -0.870. The van der Waals surface area contributed by atoms with Gasteiger partial charge in [0.05, 0.1) is 39.9 Å². The molecule has 0 saturated carbocycles. The SMILES string of the molecule is CCCCCCC/C=C\C/C=C\CCCCCCCCCCCCCCCCCCCC(=O)NC(COP(=O)([O-])OCC[N+](C)(C)C)C(O)/C=C/CCCCCCC. The third-order valence-corrected chi connectivity index (χ3v) is 11.8. The average Bonchev–Trinajstić information content (AvgIpc) is 3.17. The van der Waals surface area contributed by atoms with Crippen molar-refractivity contribution in [1.82, 2.24) is 5.32 Å². The summed E-state index contributed by atoms with van der Waals surface area (Å²) in [7, 11) is 1.26. The summed E-state index contributed by atoms with van der Waals surface area (Å²) in [5, 5.41) is 13.7. The molecule has 0 rings (SSSR count). The van der Waals surface area contributed by atoms with Gasteiger partial charge in [0, 0.05) is 6.42 Å². The molecule has 0 saturated heterocycles. The predicted octanol–water partition coefficient (Wildman–Crippen LogP) is 13.2. The Labute approximate surface area is 359 Å². The minimum absolute atomic E-state index is 0.000793. The molecule has 0 aliphatic heterocycles. The molecule has 342 valence electrons. The van der Waals surface area contributed by atoms with Crippen molar-refractivity contribution in [3.8, 4) is 0 Å². The Bertz CT molecular complexity index is 1040. The van der Waals surface area contributed by atoms with Crippen LogP contribution in [0.15, 0.2) is 36.5 Å². The molecule has 2 N–H and O–H groups in total. The third kappa shape index (κ3) is 42.8. The molecule has 3 atom stereocenters. The number of quaternary nitrogens is 1. The number of likely N-dealkylation sites (N-methyl/N-ethyl adjacent to an activating group) is 1. The van der Waals surface area contributed by atoms with E-state index in [1.165, 1.54) is 154 Å². The molecule has 8 nitrogen and oxygen atoms in total. The van der Waals surface area contributed by atoms with Crippen LogP contribution < -0.4 is 10.2 Å². The Morgan fingerprint density at radius 1 is 0.603 bits per heavy atom. The molecule has 9 heteroatoms. The van der Waals surface area contributed by atoms with Crippen LogP contribution in [0.4, 0.5) is 0 Å². The lowest BCUT2D eigenvalue weighted by Crippen LogP contribution is -2.45. The summed E-state index contributed by atoms with van der Waals surface area (Å²) < 4.78 is 23.1. The zero-order valence-corrected chi connectivity index (χ0v) is 39.6. The maximum absolute atomic E-state index is 12.8. The second-order valence-corrected chi connectivity index (χ2v) is 19.2. The number of aliphatic hydroxyl groups excluding tert-OH is 1. The molecule has 0 bridgehead atoms. The second kappa shape index (κ2) is 41.1. The van der Waals surface area contributed by atoms with Gasteiger partial charge in [0.1, 0.15) is 13.2 Å². The molecule has 0 radical (unpaired) electrons. The normalized spacial score (nSPS) is 14.5. The van der Waals surface area contributed by atoms with Crippen LogP contribution in [-0.4, -0.2) is 68.5 Å². The number of carbonyl (C=O) groups excluding carboxylic acids is 1. The van der Waals surface area contributed by atoms with Gasteiger partial charge in [-0.15, -0.1) is 0 Å². The standard InChI is InChI=1S/C49H95N2O6P/c1-6-8-10-12-14-15-16-17-18-19-20-21-22-23-24-25-26-27-28-29-30-31-32-33-34-35-37-39-41-43-49(53)50-47(48(52)42-40-38-36-13-11-9-7-2)46-57-58(54,55)56-45-44-51(3,4)5/h16-17,19-20,40,42,47-48,52H,6-15,18,21-39,41,43-46H2,1-5H3,(H-,50,53,54,55)/b17-16-,20-19-,42-40+. The van der Waals surface area contributed by atoms with Crippen LogP contribution in [0.3, 0.4) is 0 Å². The van der Waals surface area contributed by atoms with E-state index in [4.69, 9.17) is 9.05 Å². The van der Waals surface area contributed by atoms with E-state index in [9.17, 15) is 19.4 Å². The molecule has 0 aliphatic carbocycles. The summed E-state index contributed by atoms with van der Waals surface area (Å²) in [6, 6.07) is -0.881. The highest BCUT2D eigenvalue weighted by Gasteiger charge is 2.23. The predicted molar refractivity (Wildman–Crippen MR) is 247 cm³/mol. The van der Waals surface area contributed by atoms with Crippen LogP contribution in [0.1, 0.15) is 219 Å². The first kappa shape index (κ1) is 56.7. The van der Waals surface area contributed by atoms with E-state index < -0.39 is 20.0 Å². The molecular weight excluding hydrogens is 744 g/mol. The fourth-order valence-electron chi connectivity index (χ4n) is 6.95. The Kier molecular flexibility index (Phi) is 40.2. The zero-order valence-electron chi connectivity index (χ0n) is 38.8. The van der Waals surface area contributed by atoms with Crippen molar-refractivity contribution in [2.45, 2.75) is 231 Å². The Balaban J connectivity index is 3.96. The van der Waals surface area contributed by atoms with Crippen LogP contribution in [0.25, 0.3) is 0 Å². The van der Waals surface area contributed by atoms with Crippen LogP contribution in [0.5, 0.6) is 0 Å². The molecule has 0 fully saturated rings. The number of aliphatic hydroxyl groups is 1. The highest BCUT2D eigenvalue weighted by Crippen LogP contribution is 2.38. The topological polar surface area (TPSA) is 108 Å². The average molecular weight is 839 g/mol. The number of nitrogens with one attached hydrogen (secondary N) is 1. The first-order valence-corrected chi connectivity index (χ1v) is 25.8. The number of hydrogen-bond acceptors (Lipinski definition) is 6. The number of hydrogen-bond donors (Lipinski definition) is 2.